The Kier molecular flexibility index (Phi) is 11.8. The number of carbonyl (C=O) groups excluding carboxylic acids is 1. The molecule has 2 atom stereocenters. The smallest absolute Gasteiger partial charge is 0.225 e. The number of carbonyl (C=O) groups is 1. The summed E-state index contributed by atoms with van der Waals surface area (Å²) in [6.07, 6.45) is 5.84. The van der Waals surface area contributed by atoms with Crippen LogP contribution in [0.4, 0.5) is 0 Å². The number of nitrogens with one attached hydrogen (secondary N) is 2. The molecule has 8 heteroatoms. The first-order chi connectivity index (χ1) is 17.4. The number of piperidine rings is 1. The molecule has 204 valence electrons. The second-order valence-electron chi connectivity index (χ2n) is 10.6. The molecule has 1 aromatic rings. The summed E-state index contributed by atoms with van der Waals surface area (Å²) in [6, 6.07) is 6.25. The lowest BCUT2D eigenvalue weighted by atomic mass is 9.82. The third-order valence-electron chi connectivity index (χ3n) is 7.20. The Bertz CT molecular complexity index is 788. The molecule has 0 aliphatic carbocycles. The molecule has 2 saturated heterocycles. The number of rotatable bonds is 14. The zero-order valence-electron chi connectivity index (χ0n) is 22.6. The minimum atomic E-state index is -0.403. The van der Waals surface area contributed by atoms with Gasteiger partial charge in [-0.3, -0.25) is 4.79 Å². The highest BCUT2D eigenvalue weighted by Crippen LogP contribution is 2.30. The number of ether oxygens (including phenoxy) is 5. The van der Waals surface area contributed by atoms with Gasteiger partial charge in [-0.2, -0.15) is 0 Å². The second-order valence-corrected chi connectivity index (χ2v) is 10.6. The highest BCUT2D eigenvalue weighted by Gasteiger charge is 2.33. The van der Waals surface area contributed by atoms with Gasteiger partial charge in [0.1, 0.15) is 0 Å². The lowest BCUT2D eigenvalue weighted by Crippen LogP contribution is -2.48. The van der Waals surface area contributed by atoms with E-state index in [-0.39, 0.29) is 12.0 Å². The van der Waals surface area contributed by atoms with Crippen LogP contribution in [0.1, 0.15) is 57.9 Å². The van der Waals surface area contributed by atoms with E-state index in [4.69, 9.17) is 23.7 Å². The van der Waals surface area contributed by atoms with Gasteiger partial charge in [0.15, 0.2) is 11.5 Å². The van der Waals surface area contributed by atoms with Crippen LogP contribution in [0.3, 0.4) is 0 Å². The van der Waals surface area contributed by atoms with Gasteiger partial charge in [-0.05, 0) is 55.7 Å². The van der Waals surface area contributed by atoms with E-state index < -0.39 is 5.41 Å². The molecule has 2 aliphatic rings. The topological polar surface area (TPSA) is 87.3 Å². The van der Waals surface area contributed by atoms with E-state index in [1.165, 1.54) is 0 Å². The summed E-state index contributed by atoms with van der Waals surface area (Å²) < 4.78 is 28.0. The third-order valence-corrected chi connectivity index (χ3v) is 7.20. The van der Waals surface area contributed by atoms with Gasteiger partial charge in [-0.15, -0.1) is 0 Å². The Hall–Kier alpha value is -1.87. The van der Waals surface area contributed by atoms with E-state index in [1.807, 2.05) is 18.2 Å². The van der Waals surface area contributed by atoms with Gasteiger partial charge < -0.3 is 34.3 Å². The first-order valence-corrected chi connectivity index (χ1v) is 13.4. The zero-order valence-corrected chi connectivity index (χ0v) is 22.6. The molecule has 2 aliphatic heterocycles. The van der Waals surface area contributed by atoms with Crippen molar-refractivity contribution >= 4 is 5.91 Å². The van der Waals surface area contributed by atoms with Crippen molar-refractivity contribution in [2.75, 3.05) is 53.7 Å². The number of benzene rings is 1. The van der Waals surface area contributed by atoms with Crippen molar-refractivity contribution in [1.29, 1.82) is 0 Å². The molecule has 2 heterocycles. The van der Waals surface area contributed by atoms with Crippen LogP contribution >= 0.6 is 0 Å². The largest absolute Gasteiger partial charge is 0.493 e. The van der Waals surface area contributed by atoms with Crippen molar-refractivity contribution in [3.63, 3.8) is 0 Å². The predicted molar refractivity (Wildman–Crippen MR) is 140 cm³/mol. The van der Waals surface area contributed by atoms with Gasteiger partial charge in [0.25, 0.3) is 0 Å². The van der Waals surface area contributed by atoms with E-state index in [9.17, 15) is 4.79 Å². The molecular weight excluding hydrogens is 460 g/mol. The fourth-order valence-electron chi connectivity index (χ4n) is 4.86. The van der Waals surface area contributed by atoms with Gasteiger partial charge in [-0.25, -0.2) is 0 Å². The van der Waals surface area contributed by atoms with Crippen molar-refractivity contribution in [1.82, 2.24) is 10.6 Å². The fraction of sp³-hybridized carbons (Fsp3) is 0.750. The Labute approximate surface area is 216 Å². The van der Waals surface area contributed by atoms with E-state index in [2.05, 4.69) is 24.5 Å². The van der Waals surface area contributed by atoms with E-state index in [0.29, 0.717) is 31.8 Å². The van der Waals surface area contributed by atoms with Crippen molar-refractivity contribution in [2.45, 2.75) is 71.1 Å². The molecule has 36 heavy (non-hydrogen) atoms. The number of hydrogen-bond acceptors (Lipinski definition) is 7. The zero-order chi connectivity index (χ0) is 25.8. The quantitative estimate of drug-likeness (QED) is 0.372. The van der Waals surface area contributed by atoms with E-state index in [0.717, 1.165) is 81.9 Å². The van der Waals surface area contributed by atoms with Crippen LogP contribution in [0, 0.1) is 11.3 Å². The summed E-state index contributed by atoms with van der Waals surface area (Å²) in [6.45, 7) is 9.03. The molecule has 1 aromatic carbocycles. The molecule has 0 radical (unpaired) electrons. The summed E-state index contributed by atoms with van der Waals surface area (Å²) in [5.41, 5.74) is 0.654. The van der Waals surface area contributed by atoms with Crippen molar-refractivity contribution in [2.24, 2.45) is 11.3 Å². The summed E-state index contributed by atoms with van der Waals surface area (Å²) in [7, 11) is 3.34. The van der Waals surface area contributed by atoms with Crippen LogP contribution in [-0.2, 0) is 25.6 Å². The summed E-state index contributed by atoms with van der Waals surface area (Å²) in [4.78, 5) is 12.9. The molecule has 1 unspecified atom stereocenters. The van der Waals surface area contributed by atoms with E-state index in [1.54, 1.807) is 14.2 Å². The average molecular weight is 507 g/mol. The van der Waals surface area contributed by atoms with Gasteiger partial charge in [0.2, 0.25) is 5.91 Å². The van der Waals surface area contributed by atoms with Gasteiger partial charge >= 0.3 is 0 Å². The Morgan fingerprint density at radius 2 is 1.92 bits per heavy atom. The van der Waals surface area contributed by atoms with Crippen LogP contribution in [0.5, 0.6) is 11.5 Å². The first kappa shape index (κ1) is 28.7. The third kappa shape index (κ3) is 9.21. The average Bonchev–Trinajstić information content (AvgIpc) is 2.89. The van der Waals surface area contributed by atoms with Crippen molar-refractivity contribution in [3.05, 3.63) is 23.8 Å². The molecule has 0 bridgehead atoms. The lowest BCUT2D eigenvalue weighted by Gasteiger charge is -2.35. The van der Waals surface area contributed by atoms with Crippen molar-refractivity contribution < 1.29 is 28.5 Å². The maximum atomic E-state index is 12.9. The Morgan fingerprint density at radius 1 is 1.11 bits per heavy atom. The monoisotopic (exact) mass is 506 g/mol. The lowest BCUT2D eigenvalue weighted by molar-refractivity contribution is -0.130. The molecule has 2 fully saturated rings. The van der Waals surface area contributed by atoms with Gasteiger partial charge in [0.05, 0.1) is 26.4 Å². The maximum Gasteiger partial charge on any atom is 0.225 e. The molecule has 2 N–H and O–H groups in total. The molecule has 1 amide bonds. The molecule has 3 rings (SSSR count). The fourth-order valence-corrected chi connectivity index (χ4v) is 4.86. The molecule has 0 aromatic heterocycles. The second kappa shape index (κ2) is 14.8. The highest BCUT2D eigenvalue weighted by molar-refractivity contribution is 5.81. The minimum Gasteiger partial charge on any atom is -0.493 e. The maximum absolute atomic E-state index is 12.9. The Morgan fingerprint density at radius 3 is 2.61 bits per heavy atom. The SMILES string of the molecule is COCCCOc1cc(CO[C@@H]2CCC(CC(C)(C)C(=O)NCC3CCOCC3)NC2)ccc1OC. The molecular formula is C28H46N2O6. The number of methoxy groups -OCH3 is 2. The predicted octanol–water partition coefficient (Wildman–Crippen LogP) is 3.71. The molecule has 0 spiro atoms. The minimum absolute atomic E-state index is 0.147. The number of amides is 1. The summed E-state index contributed by atoms with van der Waals surface area (Å²) in [5, 5.41) is 6.80. The van der Waals surface area contributed by atoms with Crippen LogP contribution in [0.25, 0.3) is 0 Å². The highest BCUT2D eigenvalue weighted by atomic mass is 16.5. The molecule has 0 saturated carbocycles. The van der Waals surface area contributed by atoms with Gasteiger partial charge in [-0.1, -0.05) is 19.9 Å². The standard InChI is InChI=1S/C28H46N2O6/c1-28(2,27(31)30-18-21-10-14-34-15-11-21)17-23-7-8-24(19-29-23)36-20-22-6-9-25(33-4)26(16-22)35-13-5-12-32-3/h6,9,16,21,23-24,29H,5,7-8,10-15,17-20H2,1-4H3,(H,30,31)/t23?,24-/m1/s1. The normalized spacial score (nSPS) is 21.2. The number of hydrogen-bond donors (Lipinski definition) is 2. The first-order valence-electron chi connectivity index (χ1n) is 13.4. The summed E-state index contributed by atoms with van der Waals surface area (Å²) >= 11 is 0. The Balaban J connectivity index is 1.38. The summed E-state index contributed by atoms with van der Waals surface area (Å²) in [5.74, 6) is 2.13. The van der Waals surface area contributed by atoms with Gasteiger partial charge in [0, 0.05) is 57.9 Å². The van der Waals surface area contributed by atoms with Crippen LogP contribution in [0.2, 0.25) is 0 Å². The van der Waals surface area contributed by atoms with Crippen LogP contribution < -0.4 is 20.1 Å². The van der Waals surface area contributed by atoms with Crippen LogP contribution in [-0.4, -0.2) is 71.8 Å². The van der Waals surface area contributed by atoms with Crippen LogP contribution in [0.15, 0.2) is 18.2 Å². The van der Waals surface area contributed by atoms with Crippen molar-refractivity contribution in [3.8, 4) is 11.5 Å². The molecule has 8 nitrogen and oxygen atoms in total. The van der Waals surface area contributed by atoms with E-state index >= 15 is 0 Å².